The molecule has 1 aliphatic carbocycles. The molecule has 2 heterocycles. The average Bonchev–Trinajstić information content (AvgIpc) is 2.79. The number of nitrogens with zero attached hydrogens (tertiary/aromatic N) is 1. The maximum absolute atomic E-state index is 12.0. The maximum atomic E-state index is 12.0. The summed E-state index contributed by atoms with van der Waals surface area (Å²) in [5.74, 6) is -0.340. The van der Waals surface area contributed by atoms with E-state index in [-0.39, 0.29) is 5.95 Å². The first-order valence-corrected chi connectivity index (χ1v) is 7.39. The summed E-state index contributed by atoms with van der Waals surface area (Å²) in [5, 5.41) is 11.4. The summed E-state index contributed by atoms with van der Waals surface area (Å²) < 4.78 is 5.01. The average molecular weight is 301 g/mol. The zero-order valence-electron chi connectivity index (χ0n) is 12.0. The third-order valence-electron chi connectivity index (χ3n) is 4.47. The molecule has 0 fully saturated rings. The van der Waals surface area contributed by atoms with E-state index in [9.17, 15) is 9.90 Å². The fraction of sp³-hybridized carbons (Fsp3) is 0.0526. The van der Waals surface area contributed by atoms with E-state index in [1.54, 1.807) is 6.07 Å². The summed E-state index contributed by atoms with van der Waals surface area (Å²) in [4.78, 5) is 16.7. The Morgan fingerprint density at radius 1 is 1.09 bits per heavy atom. The van der Waals surface area contributed by atoms with Crippen molar-refractivity contribution in [3.8, 4) is 5.95 Å². The van der Waals surface area contributed by atoms with Gasteiger partial charge in [-0.2, -0.15) is 0 Å². The van der Waals surface area contributed by atoms with Gasteiger partial charge in [-0.15, -0.1) is 0 Å². The molecule has 2 aliphatic rings. The fourth-order valence-electron chi connectivity index (χ4n) is 3.45. The Kier molecular flexibility index (Phi) is 2.26. The van der Waals surface area contributed by atoms with E-state index in [2.05, 4.69) is 0 Å². The summed E-state index contributed by atoms with van der Waals surface area (Å²) in [6.45, 7) is 0. The predicted molar refractivity (Wildman–Crippen MR) is 89.3 cm³/mol. The Balaban J connectivity index is 1.93. The van der Waals surface area contributed by atoms with E-state index >= 15 is 0 Å². The van der Waals surface area contributed by atoms with Gasteiger partial charge in [0.25, 0.3) is 5.95 Å². The van der Waals surface area contributed by atoms with Gasteiger partial charge in [0.05, 0.1) is 22.3 Å². The lowest BCUT2D eigenvalue weighted by molar-refractivity contribution is 0.312. The molecular formula is C19H11NO3. The van der Waals surface area contributed by atoms with Crippen LogP contribution in [0, 0.1) is 0 Å². The first-order chi connectivity index (χ1) is 11.2. The van der Waals surface area contributed by atoms with Crippen molar-refractivity contribution in [1.29, 1.82) is 0 Å². The normalized spacial score (nSPS) is 14.8. The van der Waals surface area contributed by atoms with Crippen LogP contribution >= 0.6 is 0 Å². The summed E-state index contributed by atoms with van der Waals surface area (Å²) in [7, 11) is 0. The van der Waals surface area contributed by atoms with Crippen LogP contribution in [0.5, 0.6) is 5.95 Å². The number of rotatable bonds is 0. The second kappa shape index (κ2) is 4.20. The van der Waals surface area contributed by atoms with Gasteiger partial charge >= 0.3 is 5.63 Å². The molecule has 0 atom stereocenters. The number of benzene rings is 2. The first-order valence-electron chi connectivity index (χ1n) is 7.39. The molecule has 0 spiro atoms. The molecule has 1 N–H and O–H groups in total. The molecule has 2 aromatic carbocycles. The standard InChI is InChI=1S/C19H11NO3/c21-18-12-6-3-4-10-8-16-13(9-14(17(10)12)19(22)23-18)11-5-1-2-7-15(11)20-16/h1-7,9,22H,8H2. The van der Waals surface area contributed by atoms with Crippen molar-refractivity contribution in [3.63, 3.8) is 0 Å². The van der Waals surface area contributed by atoms with Gasteiger partial charge in [-0.05, 0) is 23.8 Å². The molecule has 0 bridgehead atoms. The van der Waals surface area contributed by atoms with Crippen LogP contribution in [0.25, 0.3) is 22.4 Å². The highest BCUT2D eigenvalue weighted by Gasteiger charge is 2.26. The van der Waals surface area contributed by atoms with E-state index in [0.717, 1.165) is 33.5 Å². The summed E-state index contributed by atoms with van der Waals surface area (Å²) in [6.07, 6.45) is 2.50. The van der Waals surface area contributed by atoms with Gasteiger partial charge in [0.2, 0.25) is 0 Å². The van der Waals surface area contributed by atoms with Crippen molar-refractivity contribution in [1.82, 2.24) is 0 Å². The van der Waals surface area contributed by atoms with Crippen molar-refractivity contribution in [2.45, 2.75) is 6.42 Å². The predicted octanol–water partition coefficient (Wildman–Crippen LogP) is 3.68. The number of para-hydroxylation sites is 1. The summed E-state index contributed by atoms with van der Waals surface area (Å²) in [5.41, 5.74) is 4.89. The molecule has 0 saturated heterocycles. The number of fused-ring (bicyclic) bond motifs is 3. The van der Waals surface area contributed by atoms with E-state index in [1.807, 2.05) is 42.5 Å². The zero-order chi connectivity index (χ0) is 15.6. The topological polar surface area (TPSA) is 62.8 Å². The van der Waals surface area contributed by atoms with Crippen molar-refractivity contribution in [2.75, 3.05) is 0 Å². The lowest BCUT2D eigenvalue weighted by atomic mass is 9.99. The van der Waals surface area contributed by atoms with Crippen LogP contribution < -0.4 is 5.63 Å². The van der Waals surface area contributed by atoms with Crippen molar-refractivity contribution in [2.24, 2.45) is 4.99 Å². The van der Waals surface area contributed by atoms with E-state index in [4.69, 9.17) is 9.41 Å². The highest BCUT2D eigenvalue weighted by molar-refractivity contribution is 6.34. The molecule has 5 rings (SSSR count). The van der Waals surface area contributed by atoms with Crippen molar-refractivity contribution in [3.05, 3.63) is 69.6 Å². The van der Waals surface area contributed by atoms with Crippen LogP contribution in [0.3, 0.4) is 0 Å². The highest BCUT2D eigenvalue weighted by atomic mass is 16.5. The molecule has 0 unspecified atom stereocenters. The lowest BCUT2D eigenvalue weighted by Gasteiger charge is -2.06. The Morgan fingerprint density at radius 2 is 1.96 bits per heavy atom. The SMILES string of the molecule is O=c1oc(O)c2c3c(cccc13)CC1=Nc3ccccc3C1=C2. The van der Waals surface area contributed by atoms with Crippen LogP contribution in [-0.4, -0.2) is 10.8 Å². The molecule has 0 saturated carbocycles. The molecule has 110 valence electrons. The van der Waals surface area contributed by atoms with E-state index in [1.165, 1.54) is 0 Å². The monoisotopic (exact) mass is 301 g/mol. The molecule has 1 aliphatic heterocycles. The third kappa shape index (κ3) is 1.60. The third-order valence-corrected chi connectivity index (χ3v) is 4.47. The second-order valence-corrected chi connectivity index (χ2v) is 5.76. The summed E-state index contributed by atoms with van der Waals surface area (Å²) >= 11 is 0. The number of hydrogen-bond donors (Lipinski definition) is 1. The van der Waals surface area contributed by atoms with Crippen LogP contribution in [0.4, 0.5) is 5.69 Å². The lowest BCUT2D eigenvalue weighted by Crippen LogP contribution is -2.03. The molecule has 23 heavy (non-hydrogen) atoms. The largest absolute Gasteiger partial charge is 0.480 e. The van der Waals surface area contributed by atoms with Gasteiger partial charge in [-0.25, -0.2) is 4.79 Å². The minimum Gasteiger partial charge on any atom is -0.480 e. The summed E-state index contributed by atoms with van der Waals surface area (Å²) in [6, 6.07) is 13.4. The molecular weight excluding hydrogens is 290 g/mol. The highest BCUT2D eigenvalue weighted by Crippen LogP contribution is 2.41. The van der Waals surface area contributed by atoms with Crippen LogP contribution in [0.2, 0.25) is 0 Å². The van der Waals surface area contributed by atoms with E-state index in [0.29, 0.717) is 17.4 Å². The first kappa shape index (κ1) is 12.4. The quantitative estimate of drug-likeness (QED) is 0.689. The molecule has 0 radical (unpaired) electrons. The van der Waals surface area contributed by atoms with Gasteiger partial charge in [-0.1, -0.05) is 30.3 Å². The Labute approximate surface area is 131 Å². The molecule has 4 nitrogen and oxygen atoms in total. The maximum Gasteiger partial charge on any atom is 0.346 e. The van der Waals surface area contributed by atoms with Crippen LogP contribution in [0.15, 0.2) is 56.7 Å². The second-order valence-electron chi connectivity index (χ2n) is 5.76. The van der Waals surface area contributed by atoms with Gasteiger partial charge < -0.3 is 9.52 Å². The number of hydrogen-bond acceptors (Lipinski definition) is 4. The van der Waals surface area contributed by atoms with Crippen LogP contribution in [-0.2, 0) is 6.42 Å². The smallest absolute Gasteiger partial charge is 0.346 e. The number of aliphatic imine (C=N–C) groups is 1. The fourth-order valence-corrected chi connectivity index (χ4v) is 3.45. The Bertz CT molecular complexity index is 1120. The van der Waals surface area contributed by atoms with E-state index < -0.39 is 5.63 Å². The van der Waals surface area contributed by atoms with Gasteiger partial charge in [0.1, 0.15) is 0 Å². The Hall–Kier alpha value is -3.14. The zero-order valence-corrected chi connectivity index (χ0v) is 12.0. The molecule has 3 aromatic rings. The minimum atomic E-state index is -0.518. The van der Waals surface area contributed by atoms with Crippen molar-refractivity contribution >= 4 is 33.8 Å². The molecule has 4 heteroatoms. The molecule has 0 amide bonds. The Morgan fingerprint density at radius 3 is 2.87 bits per heavy atom. The van der Waals surface area contributed by atoms with Gasteiger partial charge in [0.15, 0.2) is 0 Å². The van der Waals surface area contributed by atoms with Crippen molar-refractivity contribution < 1.29 is 9.52 Å². The number of aromatic hydroxyl groups is 1. The minimum absolute atomic E-state index is 0.340. The van der Waals surface area contributed by atoms with Gasteiger partial charge in [0, 0.05) is 22.9 Å². The van der Waals surface area contributed by atoms with Gasteiger partial charge in [-0.3, -0.25) is 4.99 Å². The van der Waals surface area contributed by atoms with Crippen LogP contribution in [0.1, 0.15) is 16.7 Å². The molecule has 1 aromatic heterocycles. The number of allylic oxidation sites excluding steroid dienone is 1.